The maximum Gasteiger partial charge on any atom is 0.348 e. The van der Waals surface area contributed by atoms with E-state index in [9.17, 15) is 4.79 Å². The van der Waals surface area contributed by atoms with Gasteiger partial charge in [-0.3, -0.25) is 5.01 Å². The predicted molar refractivity (Wildman–Crippen MR) is 164 cm³/mol. The van der Waals surface area contributed by atoms with Gasteiger partial charge in [-0.05, 0) is 72.6 Å². The third kappa shape index (κ3) is 4.47. The molecule has 8 nitrogen and oxygen atoms in total. The highest BCUT2D eigenvalue weighted by Crippen LogP contribution is 2.34. The van der Waals surface area contributed by atoms with Gasteiger partial charge in [0.25, 0.3) is 0 Å². The van der Waals surface area contributed by atoms with E-state index in [1.807, 2.05) is 94.6 Å². The number of para-hydroxylation sites is 1. The fourth-order valence-electron chi connectivity index (χ4n) is 5.63. The molecular formula is C34H28N4O4. The van der Waals surface area contributed by atoms with Crippen molar-refractivity contribution in [3.05, 3.63) is 125 Å². The van der Waals surface area contributed by atoms with Gasteiger partial charge in [-0.15, -0.1) is 0 Å². The van der Waals surface area contributed by atoms with Crippen molar-refractivity contribution in [2.75, 3.05) is 19.2 Å². The van der Waals surface area contributed by atoms with Gasteiger partial charge in [0.15, 0.2) is 0 Å². The molecule has 8 heteroatoms. The van der Waals surface area contributed by atoms with Crippen LogP contribution in [0.25, 0.3) is 27.6 Å². The zero-order valence-electron chi connectivity index (χ0n) is 23.2. The molecule has 4 aromatic carbocycles. The first-order chi connectivity index (χ1) is 20.6. The van der Waals surface area contributed by atoms with E-state index in [-0.39, 0.29) is 6.04 Å². The highest BCUT2D eigenvalue weighted by molar-refractivity contribution is 6.15. The minimum absolute atomic E-state index is 0.0116. The average molecular weight is 557 g/mol. The number of benzene rings is 4. The average Bonchev–Trinajstić information content (AvgIpc) is 3.64. The lowest BCUT2D eigenvalue weighted by atomic mass is 9.99. The summed E-state index contributed by atoms with van der Waals surface area (Å²) < 4.78 is 18.4. The summed E-state index contributed by atoms with van der Waals surface area (Å²) in [6, 6.07) is 33.3. The van der Waals surface area contributed by atoms with E-state index in [0.717, 1.165) is 40.4 Å². The first kappa shape index (κ1) is 25.6. The Morgan fingerprint density at radius 1 is 0.810 bits per heavy atom. The van der Waals surface area contributed by atoms with Gasteiger partial charge < -0.3 is 13.9 Å². The lowest BCUT2D eigenvalue weighted by Gasteiger charge is -2.24. The first-order valence-corrected chi connectivity index (χ1v) is 13.8. The van der Waals surface area contributed by atoms with Crippen molar-refractivity contribution in [3.63, 3.8) is 0 Å². The molecule has 0 saturated carbocycles. The molecule has 0 bridgehead atoms. The van der Waals surface area contributed by atoms with Crippen molar-refractivity contribution in [1.29, 1.82) is 0 Å². The molecule has 0 fully saturated rings. The number of hydrogen-bond donors (Lipinski definition) is 0. The van der Waals surface area contributed by atoms with Crippen molar-refractivity contribution >= 4 is 33.3 Å². The summed E-state index contributed by atoms with van der Waals surface area (Å²) >= 11 is 0. The zero-order valence-corrected chi connectivity index (χ0v) is 23.2. The van der Waals surface area contributed by atoms with Crippen LogP contribution in [0, 0.1) is 0 Å². The molecule has 1 aliphatic rings. The van der Waals surface area contributed by atoms with Crippen molar-refractivity contribution in [2.24, 2.45) is 5.10 Å². The first-order valence-electron chi connectivity index (χ1n) is 13.8. The van der Waals surface area contributed by atoms with E-state index in [0.29, 0.717) is 28.6 Å². The topological polar surface area (TPSA) is 82.1 Å². The second-order valence-electron chi connectivity index (χ2n) is 10.2. The molecule has 0 aliphatic carbocycles. The van der Waals surface area contributed by atoms with Crippen LogP contribution in [-0.4, -0.2) is 35.8 Å². The van der Waals surface area contributed by atoms with Crippen LogP contribution in [0.4, 0.5) is 5.69 Å². The molecule has 0 radical (unpaired) electrons. The van der Waals surface area contributed by atoms with E-state index in [2.05, 4.69) is 12.1 Å². The summed E-state index contributed by atoms with van der Waals surface area (Å²) in [5.41, 5.74) is 4.95. The van der Waals surface area contributed by atoms with Crippen LogP contribution in [0.3, 0.4) is 0 Å². The Morgan fingerprint density at radius 2 is 1.45 bits per heavy atom. The van der Waals surface area contributed by atoms with Gasteiger partial charge in [0, 0.05) is 11.8 Å². The van der Waals surface area contributed by atoms with Crippen LogP contribution in [0.2, 0.25) is 0 Å². The molecule has 1 aliphatic heterocycles. The number of nitrogens with zero attached hydrogens (tertiary/aromatic N) is 4. The maximum atomic E-state index is 13.6. The molecule has 1 atom stereocenters. The normalized spacial score (nSPS) is 14.9. The lowest BCUT2D eigenvalue weighted by Crippen LogP contribution is -2.28. The fraction of sp³-hybridized carbons (Fsp3) is 0.147. The van der Waals surface area contributed by atoms with Gasteiger partial charge in [0.1, 0.15) is 33.7 Å². The molecule has 208 valence electrons. The molecule has 2 aromatic heterocycles. The Labute approximate surface area is 242 Å². The van der Waals surface area contributed by atoms with Gasteiger partial charge in [0.2, 0.25) is 0 Å². The number of ether oxygens (including phenoxy) is 2. The Kier molecular flexibility index (Phi) is 6.43. The van der Waals surface area contributed by atoms with Crippen molar-refractivity contribution in [3.8, 4) is 17.2 Å². The zero-order chi connectivity index (χ0) is 28.6. The van der Waals surface area contributed by atoms with Crippen LogP contribution in [0.5, 0.6) is 11.5 Å². The fourth-order valence-corrected chi connectivity index (χ4v) is 5.63. The van der Waals surface area contributed by atoms with E-state index in [1.54, 1.807) is 20.3 Å². The molecular weight excluding hydrogens is 528 g/mol. The second kappa shape index (κ2) is 10.6. The summed E-state index contributed by atoms with van der Waals surface area (Å²) in [5.74, 6) is 1.50. The van der Waals surface area contributed by atoms with E-state index in [4.69, 9.17) is 24.1 Å². The number of aromatic nitrogens is 2. The van der Waals surface area contributed by atoms with Gasteiger partial charge in [0.05, 0.1) is 37.3 Å². The molecule has 0 N–H and O–H groups in total. The van der Waals surface area contributed by atoms with Crippen LogP contribution in [0.15, 0.2) is 117 Å². The van der Waals surface area contributed by atoms with Crippen LogP contribution in [0.1, 0.15) is 17.7 Å². The Hall–Kier alpha value is -5.37. The molecule has 7 rings (SSSR count). The highest BCUT2D eigenvalue weighted by atomic mass is 16.5. The Bertz CT molecular complexity index is 1980. The minimum Gasteiger partial charge on any atom is -0.497 e. The maximum absolute atomic E-state index is 13.6. The lowest BCUT2D eigenvalue weighted by molar-refractivity contribution is 0.414. The number of fused-ring (bicyclic) bond motifs is 3. The third-order valence-electron chi connectivity index (χ3n) is 7.68. The predicted octanol–water partition coefficient (Wildman–Crippen LogP) is 6.37. The van der Waals surface area contributed by atoms with Crippen LogP contribution >= 0.6 is 0 Å². The molecule has 3 heterocycles. The molecule has 0 amide bonds. The molecule has 0 spiro atoms. The van der Waals surface area contributed by atoms with Gasteiger partial charge in [-0.2, -0.15) is 10.2 Å². The van der Waals surface area contributed by atoms with Gasteiger partial charge in [-0.25, -0.2) is 9.48 Å². The van der Waals surface area contributed by atoms with Crippen molar-refractivity contribution in [2.45, 2.75) is 18.9 Å². The largest absolute Gasteiger partial charge is 0.497 e. The minimum atomic E-state index is -0.441. The van der Waals surface area contributed by atoms with Crippen molar-refractivity contribution < 1.29 is 13.9 Å². The number of hydrogen-bond acceptors (Lipinski definition) is 7. The van der Waals surface area contributed by atoms with Gasteiger partial charge >= 0.3 is 5.63 Å². The summed E-state index contributed by atoms with van der Waals surface area (Å²) in [5, 5.41) is 13.4. The summed E-state index contributed by atoms with van der Waals surface area (Å²) in [6.07, 6.45) is 1.37. The quantitative estimate of drug-likeness (QED) is 0.213. The number of hydrazone groups is 1. The molecule has 6 aromatic rings. The van der Waals surface area contributed by atoms with Crippen LogP contribution < -0.4 is 20.1 Å². The summed E-state index contributed by atoms with van der Waals surface area (Å²) in [6.45, 7) is 0. The molecule has 0 saturated heterocycles. The number of methoxy groups -OCH3 is 2. The second-order valence-corrected chi connectivity index (χ2v) is 10.2. The monoisotopic (exact) mass is 556 g/mol. The van der Waals surface area contributed by atoms with E-state index in [1.165, 1.54) is 5.56 Å². The highest BCUT2D eigenvalue weighted by Gasteiger charge is 2.33. The molecule has 42 heavy (non-hydrogen) atoms. The summed E-state index contributed by atoms with van der Waals surface area (Å²) in [4.78, 5) is 13.6. The SMILES string of the molecule is COc1ccc(N2N=C(c3c4c(=O)oc5ccccc5c4nn3-c3ccc(OC)cc3)CC2Cc2ccccc2)cc1. The smallest absolute Gasteiger partial charge is 0.348 e. The number of rotatable bonds is 7. The van der Waals surface area contributed by atoms with E-state index < -0.39 is 5.63 Å². The molecule has 1 unspecified atom stereocenters. The standard InChI is InChI=1S/C34H28N4O4/c1-40-26-16-12-23(13-17-26)37-25(20-22-8-4-3-5-9-22)21-29(35-37)33-31-32(28-10-6-7-11-30(28)42-34(31)39)36-38(33)24-14-18-27(41-2)19-15-24/h3-19,25H,20-21H2,1-2H3. The summed E-state index contributed by atoms with van der Waals surface area (Å²) in [7, 11) is 3.29. The van der Waals surface area contributed by atoms with Crippen molar-refractivity contribution in [1.82, 2.24) is 9.78 Å². The number of anilines is 1. The third-order valence-corrected chi connectivity index (χ3v) is 7.68. The van der Waals surface area contributed by atoms with E-state index >= 15 is 0 Å². The Morgan fingerprint density at radius 3 is 2.14 bits per heavy atom. The Balaban J connectivity index is 1.43. The van der Waals surface area contributed by atoms with Gasteiger partial charge in [-0.1, -0.05) is 42.5 Å². The van der Waals surface area contributed by atoms with Crippen LogP contribution in [-0.2, 0) is 6.42 Å².